The van der Waals surface area contributed by atoms with Gasteiger partial charge in [-0.15, -0.1) is 11.3 Å². The Labute approximate surface area is 105 Å². The van der Waals surface area contributed by atoms with E-state index >= 15 is 0 Å². The van der Waals surface area contributed by atoms with Gasteiger partial charge in [-0.25, -0.2) is 4.98 Å². The summed E-state index contributed by atoms with van der Waals surface area (Å²) in [6.45, 7) is 1.52. The molecule has 0 saturated carbocycles. The predicted octanol–water partition coefficient (Wildman–Crippen LogP) is 0.118. The molecule has 1 saturated heterocycles. The summed E-state index contributed by atoms with van der Waals surface area (Å²) in [7, 11) is -0.287. The highest BCUT2D eigenvalue weighted by molar-refractivity contribution is 7.87. The zero-order chi connectivity index (χ0) is 12.5. The molecule has 1 atom stereocenters. The first-order chi connectivity index (χ1) is 7.99. The number of nitrogens with one attached hydrogen (secondary N) is 1. The molecule has 2 heterocycles. The standard InChI is InChI=1S/C9H16N4O2S2/c1-12(2)17(14,15)11-8-3-5-13(7-8)9-10-4-6-16-9/h4,6,8,11H,3,5,7H2,1-2H3. The second kappa shape index (κ2) is 4.89. The number of hydrogen-bond acceptors (Lipinski definition) is 5. The molecule has 0 aliphatic carbocycles. The van der Waals surface area contributed by atoms with Crippen LogP contribution in [0.15, 0.2) is 11.6 Å². The highest BCUT2D eigenvalue weighted by Gasteiger charge is 2.28. The number of thiazole rings is 1. The number of hydrogen-bond donors (Lipinski definition) is 1. The number of rotatable bonds is 4. The van der Waals surface area contributed by atoms with Crippen molar-refractivity contribution in [3.63, 3.8) is 0 Å². The Balaban J connectivity index is 1.95. The molecule has 0 bridgehead atoms. The van der Waals surface area contributed by atoms with Crippen LogP contribution >= 0.6 is 11.3 Å². The molecule has 0 aromatic carbocycles. The lowest BCUT2D eigenvalue weighted by Crippen LogP contribution is -2.43. The Morgan fingerprint density at radius 2 is 2.35 bits per heavy atom. The normalized spacial score (nSPS) is 21.4. The molecule has 1 aromatic heterocycles. The molecule has 1 unspecified atom stereocenters. The third-order valence-corrected chi connectivity index (χ3v) is 5.10. The van der Waals surface area contributed by atoms with Gasteiger partial charge in [0.15, 0.2) is 5.13 Å². The van der Waals surface area contributed by atoms with Crippen molar-refractivity contribution < 1.29 is 8.42 Å². The van der Waals surface area contributed by atoms with Crippen LogP contribution in [0.5, 0.6) is 0 Å². The van der Waals surface area contributed by atoms with Crippen molar-refractivity contribution in [2.24, 2.45) is 0 Å². The molecule has 2 rings (SSSR count). The fraction of sp³-hybridized carbons (Fsp3) is 0.667. The van der Waals surface area contributed by atoms with E-state index in [2.05, 4.69) is 14.6 Å². The molecule has 17 heavy (non-hydrogen) atoms. The van der Waals surface area contributed by atoms with E-state index in [0.717, 1.165) is 18.1 Å². The minimum Gasteiger partial charge on any atom is -0.346 e. The van der Waals surface area contributed by atoms with Crippen molar-refractivity contribution in [2.75, 3.05) is 32.1 Å². The fourth-order valence-corrected chi connectivity index (χ4v) is 3.22. The zero-order valence-corrected chi connectivity index (χ0v) is 11.5. The van der Waals surface area contributed by atoms with Crippen LogP contribution in [0.4, 0.5) is 5.13 Å². The van der Waals surface area contributed by atoms with Crippen molar-refractivity contribution in [2.45, 2.75) is 12.5 Å². The molecule has 8 heteroatoms. The van der Waals surface area contributed by atoms with E-state index in [-0.39, 0.29) is 6.04 Å². The van der Waals surface area contributed by atoms with E-state index < -0.39 is 10.2 Å². The Morgan fingerprint density at radius 3 is 2.94 bits per heavy atom. The van der Waals surface area contributed by atoms with Gasteiger partial charge in [-0.1, -0.05) is 0 Å². The van der Waals surface area contributed by atoms with Gasteiger partial charge in [-0.3, -0.25) is 0 Å². The summed E-state index contributed by atoms with van der Waals surface area (Å²) < 4.78 is 27.2. The van der Waals surface area contributed by atoms with Crippen molar-refractivity contribution in [3.8, 4) is 0 Å². The number of anilines is 1. The molecule has 6 nitrogen and oxygen atoms in total. The zero-order valence-electron chi connectivity index (χ0n) is 9.83. The van der Waals surface area contributed by atoms with Crippen molar-refractivity contribution in [1.29, 1.82) is 0 Å². The van der Waals surface area contributed by atoms with E-state index in [1.165, 1.54) is 18.4 Å². The predicted molar refractivity (Wildman–Crippen MR) is 68.5 cm³/mol. The molecular weight excluding hydrogens is 260 g/mol. The van der Waals surface area contributed by atoms with Crippen molar-refractivity contribution in [1.82, 2.24) is 14.0 Å². The monoisotopic (exact) mass is 276 g/mol. The summed E-state index contributed by atoms with van der Waals surface area (Å²) in [5.74, 6) is 0. The Morgan fingerprint density at radius 1 is 1.59 bits per heavy atom. The van der Waals surface area contributed by atoms with Gasteiger partial charge in [0.05, 0.1) is 0 Å². The molecule has 0 radical (unpaired) electrons. The summed E-state index contributed by atoms with van der Waals surface area (Å²) in [6.07, 6.45) is 2.57. The minimum absolute atomic E-state index is 0.0358. The highest BCUT2D eigenvalue weighted by atomic mass is 32.2. The lowest BCUT2D eigenvalue weighted by atomic mass is 10.3. The van der Waals surface area contributed by atoms with E-state index in [1.54, 1.807) is 17.5 Å². The summed E-state index contributed by atoms with van der Waals surface area (Å²) in [5, 5.41) is 2.88. The van der Waals surface area contributed by atoms with Crippen LogP contribution < -0.4 is 9.62 Å². The van der Waals surface area contributed by atoms with Crippen LogP contribution in [0.2, 0.25) is 0 Å². The van der Waals surface area contributed by atoms with Gasteiger partial charge in [0, 0.05) is 44.8 Å². The van der Waals surface area contributed by atoms with Gasteiger partial charge < -0.3 is 4.90 Å². The maximum Gasteiger partial charge on any atom is 0.279 e. The van der Waals surface area contributed by atoms with Crippen LogP contribution in [-0.4, -0.2) is 50.9 Å². The third kappa shape index (κ3) is 2.95. The Hall–Kier alpha value is -0.700. The maximum absolute atomic E-state index is 11.7. The average Bonchev–Trinajstić information content (AvgIpc) is 2.85. The van der Waals surface area contributed by atoms with Gasteiger partial charge in [-0.2, -0.15) is 17.4 Å². The summed E-state index contributed by atoms with van der Waals surface area (Å²) in [4.78, 5) is 6.33. The number of nitrogens with zero attached hydrogens (tertiary/aromatic N) is 3. The lowest BCUT2D eigenvalue weighted by molar-refractivity contribution is 0.492. The molecule has 0 spiro atoms. The molecule has 1 aromatic rings. The maximum atomic E-state index is 11.7. The SMILES string of the molecule is CN(C)S(=O)(=O)NC1CCN(c2nccs2)C1. The molecular formula is C9H16N4O2S2. The van der Waals surface area contributed by atoms with Gasteiger partial charge in [0.2, 0.25) is 0 Å². The first kappa shape index (κ1) is 12.7. The smallest absolute Gasteiger partial charge is 0.279 e. The summed E-state index contributed by atoms with van der Waals surface area (Å²) in [5.41, 5.74) is 0. The Kier molecular flexibility index (Phi) is 3.67. The fourth-order valence-electron chi connectivity index (χ4n) is 1.72. The topological polar surface area (TPSA) is 65.5 Å². The largest absolute Gasteiger partial charge is 0.346 e. The van der Waals surface area contributed by atoms with Crippen LogP contribution in [0.1, 0.15) is 6.42 Å². The van der Waals surface area contributed by atoms with Crippen LogP contribution in [0.3, 0.4) is 0 Å². The molecule has 1 fully saturated rings. The molecule has 1 N–H and O–H groups in total. The highest BCUT2D eigenvalue weighted by Crippen LogP contribution is 2.22. The van der Waals surface area contributed by atoms with Gasteiger partial charge >= 0.3 is 0 Å². The summed E-state index contributed by atoms with van der Waals surface area (Å²) in [6, 6.07) is -0.0358. The van der Waals surface area contributed by atoms with Crippen LogP contribution in [0, 0.1) is 0 Å². The third-order valence-electron chi connectivity index (χ3n) is 2.67. The molecule has 1 aliphatic rings. The van der Waals surface area contributed by atoms with Crippen molar-refractivity contribution >= 4 is 26.7 Å². The number of aromatic nitrogens is 1. The van der Waals surface area contributed by atoms with Gasteiger partial charge in [-0.05, 0) is 6.42 Å². The lowest BCUT2D eigenvalue weighted by Gasteiger charge is -2.18. The van der Waals surface area contributed by atoms with Gasteiger partial charge in [0.1, 0.15) is 0 Å². The molecule has 0 amide bonds. The second-order valence-corrected chi connectivity index (χ2v) is 6.94. The van der Waals surface area contributed by atoms with Gasteiger partial charge in [0.25, 0.3) is 10.2 Å². The van der Waals surface area contributed by atoms with E-state index in [4.69, 9.17) is 0 Å². The second-order valence-electron chi connectivity index (χ2n) is 4.15. The first-order valence-corrected chi connectivity index (χ1v) is 7.65. The summed E-state index contributed by atoms with van der Waals surface area (Å²) >= 11 is 1.57. The van der Waals surface area contributed by atoms with Crippen LogP contribution in [0.25, 0.3) is 0 Å². The Bertz CT molecular complexity index is 457. The van der Waals surface area contributed by atoms with E-state index in [0.29, 0.717) is 6.54 Å². The first-order valence-electron chi connectivity index (χ1n) is 5.33. The van der Waals surface area contributed by atoms with Crippen LogP contribution in [-0.2, 0) is 10.2 Å². The quantitative estimate of drug-likeness (QED) is 0.848. The minimum atomic E-state index is -3.33. The molecule has 96 valence electrons. The van der Waals surface area contributed by atoms with E-state index in [1.807, 2.05) is 5.38 Å². The van der Waals surface area contributed by atoms with E-state index in [9.17, 15) is 8.42 Å². The average molecular weight is 276 g/mol. The van der Waals surface area contributed by atoms with Crippen molar-refractivity contribution in [3.05, 3.63) is 11.6 Å². The molecule has 1 aliphatic heterocycles.